The summed E-state index contributed by atoms with van der Waals surface area (Å²) < 4.78 is 0. The highest BCUT2D eigenvalue weighted by molar-refractivity contribution is 4.93. The highest BCUT2D eigenvalue weighted by atomic mass is 16.3. The van der Waals surface area contributed by atoms with Crippen molar-refractivity contribution < 1.29 is 10.2 Å². The van der Waals surface area contributed by atoms with Gasteiger partial charge in [0.2, 0.25) is 0 Å². The summed E-state index contributed by atoms with van der Waals surface area (Å²) in [5.41, 5.74) is -0.967. The van der Waals surface area contributed by atoms with E-state index in [4.69, 9.17) is 0 Å². The fourth-order valence-electron chi connectivity index (χ4n) is 1.02. The Morgan fingerprint density at radius 3 is 2.42 bits per heavy atom. The molecule has 71 valence electrons. The molecule has 0 rings (SSSR count). The highest BCUT2D eigenvalue weighted by Gasteiger charge is 2.28. The second-order valence-electron chi connectivity index (χ2n) is 3.10. The summed E-state index contributed by atoms with van der Waals surface area (Å²) in [4.78, 5) is 0. The highest BCUT2D eigenvalue weighted by Crippen LogP contribution is 2.20. The Morgan fingerprint density at radius 1 is 1.50 bits per heavy atom. The maximum atomic E-state index is 9.80. The molecule has 12 heavy (non-hydrogen) atoms. The predicted molar refractivity (Wildman–Crippen MR) is 50.7 cm³/mol. The van der Waals surface area contributed by atoms with Gasteiger partial charge >= 0.3 is 0 Å². The Labute approximate surface area is 74.9 Å². The minimum absolute atomic E-state index is 0.497. The third-order valence-corrected chi connectivity index (χ3v) is 2.19. The van der Waals surface area contributed by atoms with E-state index in [-0.39, 0.29) is 0 Å². The first-order valence-corrected chi connectivity index (χ1v) is 4.41. The van der Waals surface area contributed by atoms with Gasteiger partial charge in [0, 0.05) is 0 Å². The van der Waals surface area contributed by atoms with Gasteiger partial charge in [-0.15, -0.1) is 0 Å². The van der Waals surface area contributed by atoms with Gasteiger partial charge in [-0.1, -0.05) is 19.1 Å². The summed E-state index contributed by atoms with van der Waals surface area (Å²) in [7, 11) is 0. The van der Waals surface area contributed by atoms with Crippen LogP contribution in [0.25, 0.3) is 0 Å². The zero-order valence-corrected chi connectivity index (χ0v) is 7.95. The zero-order chi connectivity index (χ0) is 9.61. The largest absolute Gasteiger partial charge is 0.390 e. The number of hydrogen-bond acceptors (Lipinski definition) is 2. The maximum absolute atomic E-state index is 9.80. The molecular weight excluding hydrogens is 152 g/mol. The fourth-order valence-corrected chi connectivity index (χ4v) is 1.02. The zero-order valence-electron chi connectivity index (χ0n) is 7.95. The summed E-state index contributed by atoms with van der Waals surface area (Å²) in [6.45, 7) is 7.12. The summed E-state index contributed by atoms with van der Waals surface area (Å²) in [5, 5.41) is 19.1. The molecule has 2 unspecified atom stereocenters. The van der Waals surface area contributed by atoms with Crippen molar-refractivity contribution in [3.8, 4) is 0 Å². The lowest BCUT2D eigenvalue weighted by Crippen LogP contribution is -2.39. The van der Waals surface area contributed by atoms with Crippen LogP contribution in [0.4, 0.5) is 0 Å². The topological polar surface area (TPSA) is 40.5 Å². The lowest BCUT2D eigenvalue weighted by atomic mass is 9.91. The van der Waals surface area contributed by atoms with Crippen LogP contribution in [-0.4, -0.2) is 21.9 Å². The van der Waals surface area contributed by atoms with Gasteiger partial charge in [0.05, 0.1) is 11.7 Å². The molecule has 0 aliphatic rings. The molecule has 0 aliphatic heterocycles. The average Bonchev–Trinajstić information content (AvgIpc) is 2.04. The van der Waals surface area contributed by atoms with E-state index < -0.39 is 11.7 Å². The molecule has 2 atom stereocenters. The van der Waals surface area contributed by atoms with E-state index in [1.807, 2.05) is 19.1 Å². The van der Waals surface area contributed by atoms with Crippen LogP contribution in [0.2, 0.25) is 0 Å². The van der Waals surface area contributed by atoms with Crippen molar-refractivity contribution in [3.63, 3.8) is 0 Å². The van der Waals surface area contributed by atoms with E-state index in [1.165, 1.54) is 0 Å². The number of aliphatic hydroxyl groups excluding tert-OH is 1. The standard InChI is InChI=1S/C10H19O2/c1-4-6-7-8-10(12,5-2)9(3)11/h6-7,9,11-12H,1,4-5,8H2,2-3H3/b7-6+. The molecule has 0 fully saturated rings. The quantitative estimate of drug-likeness (QED) is 0.618. The van der Waals surface area contributed by atoms with Crippen LogP contribution in [0.5, 0.6) is 0 Å². The fraction of sp³-hybridized carbons (Fsp3) is 0.700. The minimum Gasteiger partial charge on any atom is -0.390 e. The van der Waals surface area contributed by atoms with Crippen molar-refractivity contribution in [2.24, 2.45) is 0 Å². The van der Waals surface area contributed by atoms with E-state index in [2.05, 4.69) is 6.92 Å². The normalized spacial score (nSPS) is 19.4. The van der Waals surface area contributed by atoms with Crippen LogP contribution in [-0.2, 0) is 0 Å². The second-order valence-corrected chi connectivity index (χ2v) is 3.10. The average molecular weight is 171 g/mol. The van der Waals surface area contributed by atoms with Crippen LogP contribution in [0.1, 0.15) is 33.1 Å². The van der Waals surface area contributed by atoms with Gasteiger partial charge in [0.15, 0.2) is 0 Å². The van der Waals surface area contributed by atoms with Crippen molar-refractivity contribution in [1.82, 2.24) is 0 Å². The lowest BCUT2D eigenvalue weighted by molar-refractivity contribution is -0.0660. The number of aliphatic hydroxyl groups is 2. The Hall–Kier alpha value is -0.340. The molecule has 0 aromatic carbocycles. The van der Waals surface area contributed by atoms with E-state index in [9.17, 15) is 10.2 Å². The third kappa shape index (κ3) is 3.37. The van der Waals surface area contributed by atoms with Crippen molar-refractivity contribution in [1.29, 1.82) is 0 Å². The first kappa shape index (κ1) is 11.7. The van der Waals surface area contributed by atoms with Gasteiger partial charge in [0.25, 0.3) is 0 Å². The molecule has 2 heteroatoms. The van der Waals surface area contributed by atoms with Gasteiger partial charge in [-0.2, -0.15) is 0 Å². The molecule has 0 heterocycles. The molecule has 0 amide bonds. The van der Waals surface area contributed by atoms with Crippen LogP contribution in [0, 0.1) is 6.92 Å². The molecule has 1 radical (unpaired) electrons. The van der Waals surface area contributed by atoms with Gasteiger partial charge < -0.3 is 10.2 Å². The first-order chi connectivity index (χ1) is 5.56. The summed E-state index contributed by atoms with van der Waals surface area (Å²) in [6.07, 6.45) is 4.85. The van der Waals surface area contributed by atoms with Gasteiger partial charge in [-0.25, -0.2) is 0 Å². The van der Waals surface area contributed by atoms with E-state index in [0.717, 1.165) is 6.42 Å². The molecule has 0 aromatic heterocycles. The number of allylic oxidation sites excluding steroid dienone is 1. The van der Waals surface area contributed by atoms with E-state index >= 15 is 0 Å². The van der Waals surface area contributed by atoms with Crippen molar-refractivity contribution in [2.75, 3.05) is 0 Å². The molecule has 2 nitrogen and oxygen atoms in total. The summed E-state index contributed by atoms with van der Waals surface area (Å²) in [6, 6.07) is 0. The SMILES string of the molecule is [CH2]C/C=C/CC(O)(CC)C(C)O. The van der Waals surface area contributed by atoms with E-state index in [1.54, 1.807) is 6.92 Å². The Morgan fingerprint density at radius 2 is 2.08 bits per heavy atom. The van der Waals surface area contributed by atoms with Gasteiger partial charge in [-0.05, 0) is 33.1 Å². The van der Waals surface area contributed by atoms with E-state index in [0.29, 0.717) is 12.8 Å². The predicted octanol–water partition coefficient (Wildman–Crippen LogP) is 1.68. The second kappa shape index (κ2) is 5.33. The molecular formula is C10H19O2. The van der Waals surface area contributed by atoms with Crippen LogP contribution in [0.3, 0.4) is 0 Å². The summed E-state index contributed by atoms with van der Waals surface area (Å²) >= 11 is 0. The van der Waals surface area contributed by atoms with Crippen molar-refractivity contribution in [3.05, 3.63) is 19.1 Å². The lowest BCUT2D eigenvalue weighted by Gasteiger charge is -2.28. The molecule has 0 aliphatic carbocycles. The molecule has 0 aromatic rings. The minimum atomic E-state index is -0.967. The Balaban J connectivity index is 4.05. The van der Waals surface area contributed by atoms with Gasteiger partial charge in [0.1, 0.15) is 0 Å². The number of rotatable bonds is 5. The van der Waals surface area contributed by atoms with Crippen LogP contribution in [0.15, 0.2) is 12.2 Å². The van der Waals surface area contributed by atoms with Crippen molar-refractivity contribution >= 4 is 0 Å². The first-order valence-electron chi connectivity index (χ1n) is 4.41. The molecule has 0 saturated carbocycles. The molecule has 0 bridgehead atoms. The molecule has 0 saturated heterocycles. The Kier molecular flexibility index (Phi) is 5.18. The smallest absolute Gasteiger partial charge is 0.0934 e. The van der Waals surface area contributed by atoms with Crippen LogP contribution >= 0.6 is 0 Å². The van der Waals surface area contributed by atoms with Gasteiger partial charge in [-0.3, -0.25) is 0 Å². The van der Waals surface area contributed by atoms with Crippen molar-refractivity contribution in [2.45, 2.75) is 44.8 Å². The molecule has 2 N–H and O–H groups in total. The summed E-state index contributed by atoms with van der Waals surface area (Å²) in [5.74, 6) is 0. The Bertz CT molecular complexity index is 141. The maximum Gasteiger partial charge on any atom is 0.0934 e. The third-order valence-electron chi connectivity index (χ3n) is 2.19. The number of hydrogen-bond donors (Lipinski definition) is 2. The molecule has 0 spiro atoms. The monoisotopic (exact) mass is 171 g/mol. The van der Waals surface area contributed by atoms with Crippen LogP contribution < -0.4 is 0 Å².